The van der Waals surface area contributed by atoms with Crippen molar-refractivity contribution >= 4 is 35.7 Å². The van der Waals surface area contributed by atoms with Gasteiger partial charge in [0.2, 0.25) is 0 Å². The van der Waals surface area contributed by atoms with Gasteiger partial charge in [-0.15, -0.1) is 0 Å². The van der Waals surface area contributed by atoms with Crippen LogP contribution in [0, 0.1) is 0 Å². The third kappa shape index (κ3) is 23.1. The summed E-state index contributed by atoms with van der Waals surface area (Å²) in [6.45, 7) is 6.01. The molecule has 0 bridgehead atoms. The molecule has 5 rings (SSSR count). The van der Waals surface area contributed by atoms with Crippen molar-refractivity contribution in [3.63, 3.8) is 0 Å². The Balaban J connectivity index is 0.925. The van der Waals surface area contributed by atoms with E-state index in [1.165, 1.54) is 141 Å². The zero-order valence-corrected chi connectivity index (χ0v) is 42.4. The van der Waals surface area contributed by atoms with Crippen LogP contribution in [0.2, 0.25) is 0 Å². The molecule has 0 spiro atoms. The maximum atomic E-state index is 12.9. The molecule has 8 heteroatoms. The van der Waals surface area contributed by atoms with Gasteiger partial charge in [0.15, 0.2) is 0 Å². The Morgan fingerprint density at radius 1 is 0.343 bits per heavy atom. The normalized spacial score (nSPS) is 11.3. The van der Waals surface area contributed by atoms with E-state index in [9.17, 15) is 9.59 Å². The molecule has 0 heterocycles. The van der Waals surface area contributed by atoms with Crippen LogP contribution >= 0.6 is 0 Å². The lowest BCUT2D eigenvalue weighted by atomic mass is 10.1. The monoisotopic (exact) mass is 949 g/mol. The topological polar surface area (TPSA) is 95.8 Å². The molecule has 5 aromatic carbocycles. The molecule has 0 N–H and O–H groups in total. The number of esters is 2. The number of rotatable bonds is 36. The molecule has 374 valence electrons. The summed E-state index contributed by atoms with van der Waals surface area (Å²) in [5, 5.41) is 0. The Morgan fingerprint density at radius 2 is 0.614 bits per heavy atom. The molecule has 5 aromatic rings. The summed E-state index contributed by atoms with van der Waals surface area (Å²) >= 11 is 0. The number of ether oxygens (including phenoxy) is 4. The van der Waals surface area contributed by atoms with Gasteiger partial charge in [-0.2, -0.15) is 0 Å². The molecule has 0 amide bonds. The number of benzene rings is 5. The van der Waals surface area contributed by atoms with E-state index in [-0.39, 0.29) is 0 Å². The van der Waals surface area contributed by atoms with Crippen LogP contribution in [0.3, 0.4) is 0 Å². The second-order valence-corrected chi connectivity index (χ2v) is 18.5. The molecular weight excluding hydrogens is 869 g/mol. The van der Waals surface area contributed by atoms with Gasteiger partial charge in [0.1, 0.15) is 23.0 Å². The third-order valence-electron chi connectivity index (χ3n) is 12.5. The maximum Gasteiger partial charge on any atom is 0.343 e. The molecule has 0 aromatic heterocycles. The van der Waals surface area contributed by atoms with Crippen molar-refractivity contribution in [1.29, 1.82) is 0 Å². The van der Waals surface area contributed by atoms with Gasteiger partial charge in [0.25, 0.3) is 0 Å². The number of carbonyl (C=O) groups excluding carboxylic acids is 2. The van der Waals surface area contributed by atoms with E-state index in [1.54, 1.807) is 61.0 Å². The van der Waals surface area contributed by atoms with Crippen molar-refractivity contribution in [3.8, 4) is 23.0 Å². The molecule has 0 aliphatic carbocycles. The number of carbonyl (C=O) groups is 2. The summed E-state index contributed by atoms with van der Waals surface area (Å²) in [5.41, 5.74) is 3.99. The minimum absolute atomic E-state index is 0.310. The number of unbranched alkanes of at least 4 members (excludes halogenated alkanes) is 22. The molecule has 0 unspecified atom stereocenters. The van der Waals surface area contributed by atoms with E-state index in [2.05, 4.69) is 23.8 Å². The van der Waals surface area contributed by atoms with Gasteiger partial charge in [0, 0.05) is 12.4 Å². The van der Waals surface area contributed by atoms with E-state index in [0.717, 1.165) is 60.1 Å². The molecule has 0 radical (unpaired) electrons. The van der Waals surface area contributed by atoms with Crippen molar-refractivity contribution in [2.75, 3.05) is 13.2 Å². The molecule has 0 aliphatic heterocycles. The van der Waals surface area contributed by atoms with Crippen molar-refractivity contribution in [2.45, 2.75) is 168 Å². The number of hydrogen-bond acceptors (Lipinski definition) is 8. The van der Waals surface area contributed by atoms with Gasteiger partial charge >= 0.3 is 11.9 Å². The predicted molar refractivity (Wildman–Crippen MR) is 290 cm³/mol. The molecule has 0 atom stereocenters. The summed E-state index contributed by atoms with van der Waals surface area (Å²) < 4.78 is 23.1. The Bertz CT molecular complexity index is 2060. The largest absolute Gasteiger partial charge is 0.494 e. The lowest BCUT2D eigenvalue weighted by molar-refractivity contribution is 0.0720. The van der Waals surface area contributed by atoms with Crippen LogP contribution in [0.25, 0.3) is 0 Å². The van der Waals surface area contributed by atoms with E-state index in [1.807, 2.05) is 72.8 Å². The van der Waals surface area contributed by atoms with Crippen molar-refractivity contribution in [3.05, 3.63) is 144 Å². The molecule has 0 fully saturated rings. The van der Waals surface area contributed by atoms with Crippen LogP contribution in [0.15, 0.2) is 131 Å². The number of aliphatic imine (C=N–C) groups is 2. The van der Waals surface area contributed by atoms with E-state index in [4.69, 9.17) is 18.9 Å². The SMILES string of the molecule is CCCCCCCCCCCCCCOc1ccc(N=Cc2ccc(OC(=O)c3ccc(C(=O)Oc4ccc(C=Nc5ccc(OCCCCCCCCCCCCCC)cc5)cc4)cc3)cc2)cc1. The molecule has 70 heavy (non-hydrogen) atoms. The number of nitrogens with zero attached hydrogens (tertiary/aromatic N) is 2. The van der Waals surface area contributed by atoms with E-state index in [0.29, 0.717) is 22.6 Å². The van der Waals surface area contributed by atoms with Crippen LogP contribution in [-0.4, -0.2) is 37.6 Å². The highest BCUT2D eigenvalue weighted by molar-refractivity contribution is 5.95. The highest BCUT2D eigenvalue weighted by atomic mass is 16.5. The summed E-state index contributed by atoms with van der Waals surface area (Å²) in [5.74, 6) is 1.45. The van der Waals surface area contributed by atoms with Crippen molar-refractivity contribution < 1.29 is 28.5 Å². The first-order valence-electron chi connectivity index (χ1n) is 26.8. The van der Waals surface area contributed by atoms with Gasteiger partial charge in [-0.05, 0) is 145 Å². The highest BCUT2D eigenvalue weighted by Crippen LogP contribution is 2.23. The smallest absolute Gasteiger partial charge is 0.343 e. The fourth-order valence-corrected chi connectivity index (χ4v) is 8.14. The van der Waals surface area contributed by atoms with E-state index < -0.39 is 11.9 Å². The molecule has 0 saturated heterocycles. The average Bonchev–Trinajstić information content (AvgIpc) is 3.39. The van der Waals surface area contributed by atoms with Gasteiger partial charge in [-0.3, -0.25) is 9.98 Å². The standard InChI is InChI=1S/C62H80N2O6/c1-3-5-7-9-11-13-15-17-19-21-23-25-47-67-57-43-35-55(36-44-57)63-49-51-27-39-59(40-28-51)69-61(65)53-31-33-54(34-32-53)62(66)70-60-41-29-52(30-42-60)50-64-56-37-45-58(46-38-56)68-48-26-24-22-20-18-16-14-12-10-8-6-4-2/h27-46,49-50H,3-26,47-48H2,1-2H3. The highest BCUT2D eigenvalue weighted by Gasteiger charge is 2.13. The van der Waals surface area contributed by atoms with E-state index >= 15 is 0 Å². The third-order valence-corrected chi connectivity index (χ3v) is 12.5. The van der Waals surface area contributed by atoms with Gasteiger partial charge in [-0.25, -0.2) is 9.59 Å². The van der Waals surface area contributed by atoms with Gasteiger partial charge in [-0.1, -0.05) is 155 Å². The summed E-state index contributed by atoms with van der Waals surface area (Å²) in [6.07, 6.45) is 35.4. The lowest BCUT2D eigenvalue weighted by Crippen LogP contribution is -2.11. The predicted octanol–water partition coefficient (Wildman–Crippen LogP) is 17.8. The maximum absolute atomic E-state index is 12.9. The Hall–Kier alpha value is -6.02. The summed E-state index contributed by atoms with van der Waals surface area (Å²) in [4.78, 5) is 35.0. The van der Waals surface area contributed by atoms with Crippen LogP contribution in [0.4, 0.5) is 11.4 Å². The van der Waals surface area contributed by atoms with Crippen molar-refractivity contribution in [1.82, 2.24) is 0 Å². The Morgan fingerprint density at radius 3 is 0.914 bits per heavy atom. The average molecular weight is 949 g/mol. The summed E-state index contributed by atoms with van der Waals surface area (Å²) in [7, 11) is 0. The first-order valence-corrected chi connectivity index (χ1v) is 26.8. The zero-order chi connectivity index (χ0) is 49.1. The second kappa shape index (κ2) is 34.3. The Kier molecular flexibility index (Phi) is 26.9. The summed E-state index contributed by atoms with van der Waals surface area (Å²) in [6, 6.07) is 36.1. The molecule has 0 saturated carbocycles. The van der Waals surface area contributed by atoms with Gasteiger partial charge in [0.05, 0.1) is 35.7 Å². The quantitative estimate of drug-likeness (QED) is 0.0172. The minimum atomic E-state index is -0.533. The van der Waals surface area contributed by atoms with Crippen LogP contribution in [0.1, 0.15) is 200 Å². The first kappa shape index (κ1) is 54.9. The van der Waals surface area contributed by atoms with Gasteiger partial charge < -0.3 is 18.9 Å². The number of hydrogen-bond donors (Lipinski definition) is 0. The molecule has 8 nitrogen and oxygen atoms in total. The lowest BCUT2D eigenvalue weighted by Gasteiger charge is -2.07. The van der Waals surface area contributed by atoms with Crippen molar-refractivity contribution in [2.24, 2.45) is 9.98 Å². The fraction of sp³-hybridized carbons (Fsp3) is 0.452. The Labute approximate surface area is 420 Å². The van der Waals surface area contributed by atoms with Crippen LogP contribution in [-0.2, 0) is 0 Å². The van der Waals surface area contributed by atoms with Crippen LogP contribution < -0.4 is 18.9 Å². The zero-order valence-electron chi connectivity index (χ0n) is 42.4. The molecule has 0 aliphatic rings. The molecular formula is C62H80N2O6. The fourth-order valence-electron chi connectivity index (χ4n) is 8.14. The van der Waals surface area contributed by atoms with Crippen LogP contribution in [0.5, 0.6) is 23.0 Å². The second-order valence-electron chi connectivity index (χ2n) is 18.5. The minimum Gasteiger partial charge on any atom is -0.494 e. The first-order chi connectivity index (χ1) is 34.5.